The number of aromatic nitrogens is 1. The molecule has 0 unspecified atom stereocenters. The molecule has 0 aliphatic rings. The molecule has 0 radical (unpaired) electrons. The maximum absolute atomic E-state index is 9.09. The van der Waals surface area contributed by atoms with Crippen LogP contribution in [0, 0.1) is 11.3 Å². The maximum atomic E-state index is 9.09. The van der Waals surface area contributed by atoms with Crippen LogP contribution in [0.15, 0.2) is 48.7 Å². The summed E-state index contributed by atoms with van der Waals surface area (Å²) in [6.45, 7) is 2.82. The third kappa shape index (κ3) is 2.26. The number of rotatable bonds is 3. The molecule has 1 heterocycles. The van der Waals surface area contributed by atoms with Gasteiger partial charge in [0.1, 0.15) is 6.07 Å². The van der Waals surface area contributed by atoms with Crippen LogP contribution < -0.4 is 4.90 Å². The van der Waals surface area contributed by atoms with Crippen molar-refractivity contribution in [2.24, 2.45) is 0 Å². The second-order valence-electron chi connectivity index (χ2n) is 3.57. The van der Waals surface area contributed by atoms with Crippen molar-refractivity contribution in [3.05, 3.63) is 54.2 Å². The zero-order valence-corrected chi connectivity index (χ0v) is 9.67. The fraction of sp³-hybridized carbons (Fsp3) is 0.143. The van der Waals surface area contributed by atoms with Crippen LogP contribution in [0.1, 0.15) is 12.5 Å². The number of hydrogen-bond donors (Lipinski definition) is 0. The molecule has 0 saturated carbocycles. The van der Waals surface area contributed by atoms with Crippen molar-refractivity contribution in [3.8, 4) is 6.07 Å². The zero-order chi connectivity index (χ0) is 12.1. The minimum Gasteiger partial charge on any atom is -0.326 e. The molecule has 0 aliphatic carbocycles. The summed E-state index contributed by atoms with van der Waals surface area (Å²) < 4.78 is 0. The highest BCUT2D eigenvalue weighted by atomic mass is 15.2. The quantitative estimate of drug-likeness (QED) is 0.802. The topological polar surface area (TPSA) is 39.9 Å². The van der Waals surface area contributed by atoms with E-state index in [9.17, 15) is 0 Å². The van der Waals surface area contributed by atoms with Crippen LogP contribution >= 0.6 is 0 Å². The lowest BCUT2D eigenvalue weighted by Gasteiger charge is -2.22. The highest BCUT2D eigenvalue weighted by molar-refractivity contribution is 5.65. The first kappa shape index (κ1) is 11.2. The molecule has 0 spiro atoms. The van der Waals surface area contributed by atoms with Gasteiger partial charge in [-0.3, -0.25) is 0 Å². The van der Waals surface area contributed by atoms with Crippen LogP contribution in [0.4, 0.5) is 11.5 Å². The molecule has 0 bridgehead atoms. The van der Waals surface area contributed by atoms with Gasteiger partial charge in [-0.15, -0.1) is 0 Å². The highest BCUT2D eigenvalue weighted by Crippen LogP contribution is 2.25. The highest BCUT2D eigenvalue weighted by Gasteiger charge is 2.11. The Morgan fingerprint density at radius 3 is 2.59 bits per heavy atom. The van der Waals surface area contributed by atoms with Crippen LogP contribution in [-0.2, 0) is 0 Å². The summed E-state index contributed by atoms with van der Waals surface area (Å²) in [7, 11) is 0. The van der Waals surface area contributed by atoms with E-state index in [4.69, 9.17) is 5.26 Å². The summed E-state index contributed by atoms with van der Waals surface area (Å²) in [5.41, 5.74) is 1.64. The molecule has 0 saturated heterocycles. The van der Waals surface area contributed by atoms with E-state index in [0.717, 1.165) is 12.2 Å². The average Bonchev–Trinajstić information content (AvgIpc) is 2.41. The Bertz CT molecular complexity index is 529. The average molecular weight is 223 g/mol. The number of para-hydroxylation sites is 1. The number of nitrogens with zero attached hydrogens (tertiary/aromatic N) is 3. The summed E-state index contributed by atoms with van der Waals surface area (Å²) >= 11 is 0. The Morgan fingerprint density at radius 1 is 1.18 bits per heavy atom. The smallest absolute Gasteiger partial charge is 0.150 e. The van der Waals surface area contributed by atoms with E-state index in [0.29, 0.717) is 11.4 Å². The molecule has 17 heavy (non-hydrogen) atoms. The van der Waals surface area contributed by atoms with Gasteiger partial charge in [-0.05, 0) is 31.2 Å². The maximum Gasteiger partial charge on any atom is 0.150 e. The molecule has 0 N–H and O–H groups in total. The molecule has 84 valence electrons. The molecule has 1 aromatic carbocycles. The van der Waals surface area contributed by atoms with Crippen molar-refractivity contribution in [2.45, 2.75) is 6.92 Å². The number of benzene rings is 1. The summed E-state index contributed by atoms with van der Waals surface area (Å²) in [6, 6.07) is 15.7. The first-order valence-corrected chi connectivity index (χ1v) is 5.54. The van der Waals surface area contributed by atoms with Crippen molar-refractivity contribution >= 4 is 11.5 Å². The lowest BCUT2D eigenvalue weighted by atomic mass is 10.2. The van der Waals surface area contributed by atoms with Crippen molar-refractivity contribution in [1.29, 1.82) is 5.26 Å². The van der Waals surface area contributed by atoms with E-state index in [1.54, 1.807) is 18.3 Å². The third-order valence-corrected chi connectivity index (χ3v) is 2.55. The van der Waals surface area contributed by atoms with E-state index in [2.05, 4.69) is 11.1 Å². The zero-order valence-electron chi connectivity index (χ0n) is 9.67. The lowest BCUT2D eigenvalue weighted by molar-refractivity contribution is 0.986. The van der Waals surface area contributed by atoms with Gasteiger partial charge in [-0.1, -0.05) is 18.2 Å². The van der Waals surface area contributed by atoms with Gasteiger partial charge < -0.3 is 4.90 Å². The molecule has 0 fully saturated rings. The Labute approximate surface area is 101 Å². The molecule has 0 aliphatic heterocycles. The van der Waals surface area contributed by atoms with Gasteiger partial charge in [-0.2, -0.15) is 5.26 Å². The number of pyridine rings is 1. The van der Waals surface area contributed by atoms with Crippen molar-refractivity contribution in [3.63, 3.8) is 0 Å². The monoisotopic (exact) mass is 223 g/mol. The Balaban J connectivity index is 2.47. The van der Waals surface area contributed by atoms with Crippen LogP contribution in [0.3, 0.4) is 0 Å². The molecule has 0 atom stereocenters. The normalized spacial score (nSPS) is 9.65. The van der Waals surface area contributed by atoms with E-state index >= 15 is 0 Å². The number of hydrogen-bond acceptors (Lipinski definition) is 3. The summed E-state index contributed by atoms with van der Waals surface area (Å²) in [5.74, 6) is 0.712. The van der Waals surface area contributed by atoms with E-state index in [1.807, 2.05) is 42.2 Å². The van der Waals surface area contributed by atoms with Gasteiger partial charge in [0, 0.05) is 18.4 Å². The second-order valence-corrected chi connectivity index (χ2v) is 3.57. The predicted molar refractivity (Wildman–Crippen MR) is 68.1 cm³/mol. The Hall–Kier alpha value is -2.34. The first-order chi connectivity index (χ1) is 8.36. The van der Waals surface area contributed by atoms with Gasteiger partial charge in [0.05, 0.1) is 5.56 Å². The summed E-state index contributed by atoms with van der Waals surface area (Å²) in [6.07, 6.45) is 1.71. The standard InChI is InChI=1S/C14H13N3/c1-2-17(13-8-4-3-5-9-13)14-12(11-15)7-6-10-16-14/h3-10H,2H2,1H3. The Kier molecular flexibility index (Phi) is 3.37. The fourth-order valence-corrected chi connectivity index (χ4v) is 1.76. The van der Waals surface area contributed by atoms with Gasteiger partial charge >= 0.3 is 0 Å². The second kappa shape index (κ2) is 5.13. The van der Waals surface area contributed by atoms with Gasteiger partial charge in [-0.25, -0.2) is 4.98 Å². The molecule has 2 aromatic rings. The molecular weight excluding hydrogens is 210 g/mol. The van der Waals surface area contributed by atoms with Gasteiger partial charge in [0.25, 0.3) is 0 Å². The molecule has 2 rings (SSSR count). The van der Waals surface area contributed by atoms with Crippen LogP contribution in [0.25, 0.3) is 0 Å². The van der Waals surface area contributed by atoms with Crippen LogP contribution in [0.5, 0.6) is 0 Å². The fourth-order valence-electron chi connectivity index (χ4n) is 1.76. The SMILES string of the molecule is CCN(c1ccccc1)c1ncccc1C#N. The van der Waals surface area contributed by atoms with Gasteiger partial charge in [0.15, 0.2) is 5.82 Å². The van der Waals surface area contributed by atoms with Crippen LogP contribution in [0.2, 0.25) is 0 Å². The molecule has 3 nitrogen and oxygen atoms in total. The first-order valence-electron chi connectivity index (χ1n) is 5.54. The Morgan fingerprint density at radius 2 is 1.94 bits per heavy atom. The largest absolute Gasteiger partial charge is 0.326 e. The molecular formula is C14H13N3. The summed E-state index contributed by atoms with van der Waals surface area (Å²) in [4.78, 5) is 6.33. The van der Waals surface area contributed by atoms with Crippen molar-refractivity contribution in [1.82, 2.24) is 4.98 Å². The summed E-state index contributed by atoms with van der Waals surface area (Å²) in [5, 5.41) is 9.09. The minimum atomic E-state index is 0.596. The van der Waals surface area contributed by atoms with Gasteiger partial charge in [0.2, 0.25) is 0 Å². The van der Waals surface area contributed by atoms with Crippen molar-refractivity contribution in [2.75, 3.05) is 11.4 Å². The predicted octanol–water partition coefficient (Wildman–Crippen LogP) is 3.11. The van der Waals surface area contributed by atoms with E-state index in [-0.39, 0.29) is 0 Å². The lowest BCUT2D eigenvalue weighted by Crippen LogP contribution is -2.18. The van der Waals surface area contributed by atoms with E-state index < -0.39 is 0 Å². The van der Waals surface area contributed by atoms with E-state index in [1.165, 1.54) is 0 Å². The number of nitriles is 1. The molecule has 0 amide bonds. The minimum absolute atomic E-state index is 0.596. The number of anilines is 2. The molecule has 3 heteroatoms. The third-order valence-electron chi connectivity index (χ3n) is 2.55. The molecule has 1 aromatic heterocycles. The van der Waals surface area contributed by atoms with Crippen LogP contribution in [-0.4, -0.2) is 11.5 Å². The van der Waals surface area contributed by atoms with Crippen molar-refractivity contribution < 1.29 is 0 Å².